The maximum absolute atomic E-state index is 11.4. The van der Waals surface area contributed by atoms with Gasteiger partial charge in [-0.1, -0.05) is 6.92 Å². The van der Waals surface area contributed by atoms with Crippen LogP contribution in [0.15, 0.2) is 0 Å². The molecule has 0 saturated heterocycles. The quantitative estimate of drug-likeness (QED) is 0.709. The Morgan fingerprint density at radius 2 is 1.62 bits per heavy atom. The largest absolute Gasteiger partial charge is 0.297 e. The molecule has 5 heteroatoms. The minimum atomic E-state index is -3.06. The summed E-state index contributed by atoms with van der Waals surface area (Å²) in [6.45, 7) is 11.6. The van der Waals surface area contributed by atoms with Gasteiger partial charge in [-0.25, -0.2) is 13.1 Å². The average Bonchev–Trinajstić information content (AvgIpc) is 2.10. The first kappa shape index (κ1) is 15.9. The molecule has 0 bridgehead atoms. The van der Waals surface area contributed by atoms with Gasteiger partial charge in [0.2, 0.25) is 10.0 Å². The lowest BCUT2D eigenvalue weighted by atomic mass is 10.2. The van der Waals surface area contributed by atoms with Crippen molar-refractivity contribution >= 4 is 10.0 Å². The van der Waals surface area contributed by atoms with Gasteiger partial charge in [-0.3, -0.25) is 4.90 Å². The second-order valence-corrected chi connectivity index (χ2v) is 6.56. The highest BCUT2D eigenvalue weighted by Gasteiger charge is 2.14. The van der Waals surface area contributed by atoms with Gasteiger partial charge in [0.25, 0.3) is 0 Å². The summed E-state index contributed by atoms with van der Waals surface area (Å²) in [4.78, 5) is 2.27. The van der Waals surface area contributed by atoms with Crippen LogP contribution in [0.4, 0.5) is 0 Å². The van der Waals surface area contributed by atoms with Gasteiger partial charge in [0, 0.05) is 25.2 Å². The lowest BCUT2D eigenvalue weighted by Crippen LogP contribution is -2.42. The molecule has 0 fully saturated rings. The van der Waals surface area contributed by atoms with Gasteiger partial charge in [0.15, 0.2) is 0 Å². The van der Waals surface area contributed by atoms with Gasteiger partial charge in [0.1, 0.15) is 0 Å². The predicted octanol–water partition coefficient (Wildman–Crippen LogP) is 1.43. The number of nitrogens with one attached hydrogen (secondary N) is 1. The molecule has 0 amide bonds. The molecule has 0 aromatic heterocycles. The van der Waals surface area contributed by atoms with E-state index in [1.807, 2.05) is 6.92 Å². The first-order valence-corrected chi connectivity index (χ1v) is 7.68. The second kappa shape index (κ2) is 7.25. The average molecular weight is 250 g/mol. The SMILES string of the molecule is CCCS(=O)(=O)NCCN(C(C)C)C(C)C. The van der Waals surface area contributed by atoms with E-state index in [1.165, 1.54) is 0 Å². The summed E-state index contributed by atoms with van der Waals surface area (Å²) in [5.74, 6) is 0.219. The van der Waals surface area contributed by atoms with Crippen molar-refractivity contribution in [2.24, 2.45) is 0 Å². The Bertz CT molecular complexity index is 266. The van der Waals surface area contributed by atoms with Crippen LogP contribution in [0.3, 0.4) is 0 Å². The Morgan fingerprint density at radius 1 is 1.12 bits per heavy atom. The Kier molecular flexibility index (Phi) is 7.19. The van der Waals surface area contributed by atoms with Crippen LogP contribution in [-0.4, -0.2) is 44.2 Å². The van der Waals surface area contributed by atoms with Crippen LogP contribution >= 0.6 is 0 Å². The molecular weight excluding hydrogens is 224 g/mol. The minimum Gasteiger partial charge on any atom is -0.297 e. The Hall–Kier alpha value is -0.130. The van der Waals surface area contributed by atoms with E-state index in [2.05, 4.69) is 37.3 Å². The van der Waals surface area contributed by atoms with Crippen LogP contribution in [0.1, 0.15) is 41.0 Å². The monoisotopic (exact) mass is 250 g/mol. The normalized spacial score (nSPS) is 13.0. The summed E-state index contributed by atoms with van der Waals surface area (Å²) in [6, 6.07) is 0.881. The molecule has 0 saturated carbocycles. The van der Waals surface area contributed by atoms with Gasteiger partial charge < -0.3 is 0 Å². The zero-order chi connectivity index (χ0) is 12.8. The molecule has 0 aromatic carbocycles. The zero-order valence-electron chi connectivity index (χ0n) is 11.2. The van der Waals surface area contributed by atoms with Crippen molar-refractivity contribution in [3.05, 3.63) is 0 Å². The number of hydrogen-bond acceptors (Lipinski definition) is 3. The molecule has 4 nitrogen and oxygen atoms in total. The molecule has 0 unspecified atom stereocenters. The summed E-state index contributed by atoms with van der Waals surface area (Å²) >= 11 is 0. The van der Waals surface area contributed by atoms with Crippen LogP contribution in [-0.2, 0) is 10.0 Å². The van der Waals surface area contributed by atoms with E-state index in [9.17, 15) is 8.42 Å². The molecular formula is C11H26N2O2S. The fourth-order valence-corrected chi connectivity index (χ4v) is 2.87. The maximum atomic E-state index is 11.4. The Balaban J connectivity index is 4.05. The van der Waals surface area contributed by atoms with Gasteiger partial charge >= 0.3 is 0 Å². The summed E-state index contributed by atoms with van der Waals surface area (Å²) in [5, 5.41) is 0. The highest BCUT2D eigenvalue weighted by Crippen LogP contribution is 2.03. The number of hydrogen-bond donors (Lipinski definition) is 1. The number of rotatable bonds is 8. The molecule has 0 aromatic rings. The van der Waals surface area contributed by atoms with Crippen LogP contribution in [0, 0.1) is 0 Å². The van der Waals surface area contributed by atoms with Gasteiger partial charge in [-0.05, 0) is 34.1 Å². The predicted molar refractivity (Wildman–Crippen MR) is 69.1 cm³/mol. The molecule has 0 aliphatic carbocycles. The van der Waals surface area contributed by atoms with Crippen LogP contribution in [0.2, 0.25) is 0 Å². The molecule has 0 radical (unpaired) electrons. The van der Waals surface area contributed by atoms with E-state index in [4.69, 9.17) is 0 Å². The minimum absolute atomic E-state index is 0.219. The fourth-order valence-electron chi connectivity index (χ4n) is 1.78. The second-order valence-electron chi connectivity index (χ2n) is 4.64. The van der Waals surface area contributed by atoms with Crippen molar-refractivity contribution in [1.29, 1.82) is 0 Å². The topological polar surface area (TPSA) is 49.4 Å². The highest BCUT2D eigenvalue weighted by atomic mass is 32.2. The molecule has 1 N–H and O–H groups in total. The highest BCUT2D eigenvalue weighted by molar-refractivity contribution is 7.89. The summed E-state index contributed by atoms with van der Waals surface area (Å²) in [6.07, 6.45) is 0.660. The zero-order valence-corrected chi connectivity index (χ0v) is 12.0. The standard InChI is InChI=1S/C11H26N2O2S/c1-6-9-16(14,15)12-7-8-13(10(2)3)11(4)5/h10-12H,6-9H2,1-5H3. The van der Waals surface area contributed by atoms with E-state index in [-0.39, 0.29) is 5.75 Å². The lowest BCUT2D eigenvalue weighted by Gasteiger charge is -2.30. The molecule has 16 heavy (non-hydrogen) atoms. The lowest BCUT2D eigenvalue weighted by molar-refractivity contribution is 0.179. The molecule has 0 heterocycles. The summed E-state index contributed by atoms with van der Waals surface area (Å²) in [5.41, 5.74) is 0. The molecule has 0 spiro atoms. The van der Waals surface area contributed by atoms with E-state index in [0.29, 0.717) is 25.0 Å². The van der Waals surface area contributed by atoms with Gasteiger partial charge in [-0.2, -0.15) is 0 Å². The maximum Gasteiger partial charge on any atom is 0.211 e. The van der Waals surface area contributed by atoms with E-state index >= 15 is 0 Å². The first-order chi connectivity index (χ1) is 7.30. The fraction of sp³-hybridized carbons (Fsp3) is 1.00. The van der Waals surface area contributed by atoms with Crippen molar-refractivity contribution in [1.82, 2.24) is 9.62 Å². The molecule has 0 aliphatic rings. The van der Waals surface area contributed by atoms with Gasteiger partial charge in [0.05, 0.1) is 5.75 Å². The molecule has 0 rings (SSSR count). The third-order valence-electron chi connectivity index (χ3n) is 2.49. The van der Waals surface area contributed by atoms with Crippen molar-refractivity contribution in [2.45, 2.75) is 53.1 Å². The number of sulfonamides is 1. The third kappa shape index (κ3) is 6.45. The Labute approximate surface area is 100 Å². The smallest absolute Gasteiger partial charge is 0.211 e. The van der Waals surface area contributed by atoms with Crippen LogP contribution in [0.5, 0.6) is 0 Å². The molecule has 98 valence electrons. The van der Waals surface area contributed by atoms with Crippen molar-refractivity contribution in [3.8, 4) is 0 Å². The van der Waals surface area contributed by atoms with E-state index in [1.54, 1.807) is 0 Å². The van der Waals surface area contributed by atoms with Crippen molar-refractivity contribution in [2.75, 3.05) is 18.8 Å². The van der Waals surface area contributed by atoms with E-state index < -0.39 is 10.0 Å². The Morgan fingerprint density at radius 3 is 2.00 bits per heavy atom. The van der Waals surface area contributed by atoms with Crippen LogP contribution in [0.25, 0.3) is 0 Å². The van der Waals surface area contributed by atoms with Crippen molar-refractivity contribution < 1.29 is 8.42 Å². The number of nitrogens with zero attached hydrogens (tertiary/aromatic N) is 1. The summed E-state index contributed by atoms with van der Waals surface area (Å²) in [7, 11) is -3.06. The molecule has 0 aliphatic heterocycles. The third-order valence-corrected chi connectivity index (χ3v) is 4.08. The van der Waals surface area contributed by atoms with Crippen LogP contribution < -0.4 is 4.72 Å². The molecule has 0 atom stereocenters. The summed E-state index contributed by atoms with van der Waals surface area (Å²) < 4.78 is 25.5. The van der Waals surface area contributed by atoms with E-state index in [0.717, 1.165) is 6.54 Å². The first-order valence-electron chi connectivity index (χ1n) is 6.03. The van der Waals surface area contributed by atoms with Gasteiger partial charge in [-0.15, -0.1) is 0 Å². The van der Waals surface area contributed by atoms with Crippen molar-refractivity contribution in [3.63, 3.8) is 0 Å².